The Balaban J connectivity index is 2.52. The minimum Gasteiger partial charge on any atom is -0.382 e. The van der Waals surface area contributed by atoms with Crippen molar-refractivity contribution in [2.75, 3.05) is 20.3 Å². The fourth-order valence-electron chi connectivity index (χ4n) is 2.77. The number of rotatable bonds is 7. The van der Waals surface area contributed by atoms with Crippen LogP contribution in [0.5, 0.6) is 0 Å². The summed E-state index contributed by atoms with van der Waals surface area (Å²) in [5.74, 6) is 0. The summed E-state index contributed by atoms with van der Waals surface area (Å²) in [4.78, 5) is 0. The molecule has 0 aromatic heterocycles. The summed E-state index contributed by atoms with van der Waals surface area (Å²) in [6, 6.07) is 0.474. The van der Waals surface area contributed by atoms with Gasteiger partial charge in [0.05, 0.1) is 18.8 Å². The van der Waals surface area contributed by atoms with Gasteiger partial charge in [0.1, 0.15) is 0 Å². The normalized spacial score (nSPS) is 29.5. The van der Waals surface area contributed by atoms with Gasteiger partial charge in [-0.1, -0.05) is 20.8 Å². The standard InChI is InChI=1S/C14H29NO2/c1-6-9-15-13-12(7-8-14(13,3)4)17-11(2)10-16-5/h11-13,15H,6-10H2,1-5H3. The van der Waals surface area contributed by atoms with Gasteiger partial charge in [-0.2, -0.15) is 0 Å². The molecular weight excluding hydrogens is 214 g/mol. The number of nitrogens with one attached hydrogen (secondary N) is 1. The van der Waals surface area contributed by atoms with Crippen LogP contribution in [0.1, 0.15) is 47.0 Å². The molecule has 3 heteroatoms. The highest BCUT2D eigenvalue weighted by molar-refractivity contribution is 4.97. The van der Waals surface area contributed by atoms with Gasteiger partial charge in [0.15, 0.2) is 0 Å². The highest BCUT2D eigenvalue weighted by atomic mass is 16.5. The number of hydrogen-bond acceptors (Lipinski definition) is 3. The van der Waals surface area contributed by atoms with Crippen LogP contribution in [0.15, 0.2) is 0 Å². The lowest BCUT2D eigenvalue weighted by molar-refractivity contribution is -0.0513. The minimum absolute atomic E-state index is 0.185. The maximum absolute atomic E-state index is 6.11. The van der Waals surface area contributed by atoms with Crippen LogP contribution >= 0.6 is 0 Å². The summed E-state index contributed by atoms with van der Waals surface area (Å²) >= 11 is 0. The van der Waals surface area contributed by atoms with Gasteiger partial charge in [0.2, 0.25) is 0 Å². The Morgan fingerprint density at radius 2 is 2.12 bits per heavy atom. The Kier molecular flexibility index (Phi) is 5.90. The van der Waals surface area contributed by atoms with Gasteiger partial charge >= 0.3 is 0 Å². The molecule has 0 aromatic rings. The molecule has 17 heavy (non-hydrogen) atoms. The van der Waals surface area contributed by atoms with E-state index < -0.39 is 0 Å². The quantitative estimate of drug-likeness (QED) is 0.745. The lowest BCUT2D eigenvalue weighted by atomic mass is 9.87. The van der Waals surface area contributed by atoms with Crippen LogP contribution in [0.3, 0.4) is 0 Å². The Hall–Kier alpha value is -0.120. The maximum Gasteiger partial charge on any atom is 0.0784 e. The van der Waals surface area contributed by atoms with Crippen molar-refractivity contribution in [1.29, 1.82) is 0 Å². The topological polar surface area (TPSA) is 30.5 Å². The molecule has 0 aromatic carbocycles. The van der Waals surface area contributed by atoms with Crippen LogP contribution in [-0.2, 0) is 9.47 Å². The molecule has 3 nitrogen and oxygen atoms in total. The molecule has 0 aliphatic heterocycles. The van der Waals surface area contributed by atoms with E-state index in [-0.39, 0.29) is 6.10 Å². The SMILES string of the molecule is CCCNC1C(OC(C)COC)CCC1(C)C. The zero-order chi connectivity index (χ0) is 12.9. The molecule has 3 atom stereocenters. The average molecular weight is 243 g/mol. The smallest absolute Gasteiger partial charge is 0.0784 e. The van der Waals surface area contributed by atoms with Crippen LogP contribution in [0.25, 0.3) is 0 Å². The van der Waals surface area contributed by atoms with Crippen LogP contribution in [-0.4, -0.2) is 38.5 Å². The van der Waals surface area contributed by atoms with Crippen molar-refractivity contribution >= 4 is 0 Å². The Bertz CT molecular complexity index is 218. The summed E-state index contributed by atoms with van der Waals surface area (Å²) in [5, 5.41) is 3.65. The summed E-state index contributed by atoms with van der Waals surface area (Å²) < 4.78 is 11.2. The molecule has 1 saturated carbocycles. The third kappa shape index (κ3) is 4.23. The average Bonchev–Trinajstić information content (AvgIpc) is 2.52. The Morgan fingerprint density at radius 1 is 1.41 bits per heavy atom. The van der Waals surface area contributed by atoms with E-state index >= 15 is 0 Å². The van der Waals surface area contributed by atoms with E-state index in [1.807, 2.05) is 0 Å². The first-order valence-electron chi connectivity index (χ1n) is 6.89. The van der Waals surface area contributed by atoms with Crippen molar-refractivity contribution in [3.8, 4) is 0 Å². The molecule has 0 bridgehead atoms. The molecule has 1 aliphatic rings. The molecule has 1 rings (SSSR count). The van der Waals surface area contributed by atoms with Crippen LogP contribution in [0.4, 0.5) is 0 Å². The first kappa shape index (κ1) is 14.9. The van der Waals surface area contributed by atoms with E-state index in [1.165, 1.54) is 12.8 Å². The Morgan fingerprint density at radius 3 is 2.71 bits per heavy atom. The fraction of sp³-hybridized carbons (Fsp3) is 1.00. The molecule has 3 unspecified atom stereocenters. The Labute approximate surface area is 106 Å². The fourth-order valence-corrected chi connectivity index (χ4v) is 2.77. The zero-order valence-corrected chi connectivity index (χ0v) is 12.1. The second-order valence-corrected chi connectivity index (χ2v) is 5.90. The monoisotopic (exact) mass is 243 g/mol. The van der Waals surface area contributed by atoms with E-state index in [0.29, 0.717) is 24.2 Å². The van der Waals surface area contributed by atoms with Crippen molar-refractivity contribution < 1.29 is 9.47 Å². The summed E-state index contributed by atoms with van der Waals surface area (Å²) in [6.07, 6.45) is 4.08. The lowest BCUT2D eigenvalue weighted by Gasteiger charge is -2.32. The van der Waals surface area contributed by atoms with E-state index in [2.05, 4.69) is 33.0 Å². The zero-order valence-electron chi connectivity index (χ0n) is 12.1. The lowest BCUT2D eigenvalue weighted by Crippen LogP contribution is -2.47. The van der Waals surface area contributed by atoms with Crippen molar-refractivity contribution in [3.05, 3.63) is 0 Å². The second kappa shape index (κ2) is 6.72. The third-order valence-electron chi connectivity index (χ3n) is 3.71. The van der Waals surface area contributed by atoms with Gasteiger partial charge in [0, 0.05) is 13.2 Å². The van der Waals surface area contributed by atoms with Crippen molar-refractivity contribution in [1.82, 2.24) is 5.32 Å². The largest absolute Gasteiger partial charge is 0.382 e. The summed E-state index contributed by atoms with van der Waals surface area (Å²) in [6.45, 7) is 10.7. The molecule has 0 amide bonds. The highest BCUT2D eigenvalue weighted by Gasteiger charge is 2.42. The van der Waals surface area contributed by atoms with E-state index in [9.17, 15) is 0 Å². The van der Waals surface area contributed by atoms with Gasteiger partial charge in [-0.3, -0.25) is 0 Å². The molecule has 1 aliphatic carbocycles. The van der Waals surface area contributed by atoms with E-state index in [4.69, 9.17) is 9.47 Å². The molecule has 0 spiro atoms. The van der Waals surface area contributed by atoms with Gasteiger partial charge in [0.25, 0.3) is 0 Å². The van der Waals surface area contributed by atoms with Crippen molar-refractivity contribution in [3.63, 3.8) is 0 Å². The minimum atomic E-state index is 0.185. The van der Waals surface area contributed by atoms with Crippen LogP contribution in [0, 0.1) is 5.41 Å². The number of ether oxygens (including phenoxy) is 2. The summed E-state index contributed by atoms with van der Waals surface area (Å²) in [5.41, 5.74) is 0.340. The predicted octanol–water partition coefficient (Wildman–Crippen LogP) is 2.59. The van der Waals surface area contributed by atoms with Crippen LogP contribution < -0.4 is 5.32 Å². The van der Waals surface area contributed by atoms with Gasteiger partial charge in [-0.15, -0.1) is 0 Å². The van der Waals surface area contributed by atoms with E-state index in [1.54, 1.807) is 7.11 Å². The molecular formula is C14H29NO2. The third-order valence-corrected chi connectivity index (χ3v) is 3.71. The molecule has 0 heterocycles. The van der Waals surface area contributed by atoms with E-state index in [0.717, 1.165) is 13.0 Å². The molecule has 0 radical (unpaired) electrons. The molecule has 0 saturated heterocycles. The van der Waals surface area contributed by atoms with Crippen molar-refractivity contribution in [2.24, 2.45) is 5.41 Å². The molecule has 1 fully saturated rings. The summed E-state index contributed by atoms with van der Waals surface area (Å²) in [7, 11) is 1.73. The highest BCUT2D eigenvalue weighted by Crippen LogP contribution is 2.39. The van der Waals surface area contributed by atoms with Crippen molar-refractivity contribution in [2.45, 2.75) is 65.2 Å². The predicted molar refractivity (Wildman–Crippen MR) is 71.3 cm³/mol. The number of hydrogen-bond donors (Lipinski definition) is 1. The second-order valence-electron chi connectivity index (χ2n) is 5.90. The van der Waals surface area contributed by atoms with Gasteiger partial charge in [-0.05, 0) is 38.1 Å². The molecule has 102 valence electrons. The van der Waals surface area contributed by atoms with Gasteiger partial charge in [-0.25, -0.2) is 0 Å². The molecule has 1 N–H and O–H groups in total. The maximum atomic E-state index is 6.11. The first-order valence-corrected chi connectivity index (χ1v) is 6.89. The van der Waals surface area contributed by atoms with Crippen LogP contribution in [0.2, 0.25) is 0 Å². The first-order chi connectivity index (χ1) is 8.01. The number of methoxy groups -OCH3 is 1. The van der Waals surface area contributed by atoms with Gasteiger partial charge < -0.3 is 14.8 Å².